The summed E-state index contributed by atoms with van der Waals surface area (Å²) >= 11 is 0. The third-order valence-electron chi connectivity index (χ3n) is 2.28. The Kier molecular flexibility index (Phi) is 1.93. The molecule has 1 unspecified atom stereocenters. The zero-order valence-corrected chi connectivity index (χ0v) is 7.16. The molecule has 0 spiro atoms. The molecule has 0 nitrogen and oxygen atoms in total. The van der Waals surface area contributed by atoms with Gasteiger partial charge in [-0.25, -0.2) is 0 Å². The van der Waals surface area contributed by atoms with Crippen molar-refractivity contribution >= 4 is 5.57 Å². The van der Waals surface area contributed by atoms with Crippen LogP contribution < -0.4 is 0 Å². The highest BCUT2D eigenvalue weighted by molar-refractivity contribution is 5.65. The quantitative estimate of drug-likeness (QED) is 0.586. The average Bonchev–Trinajstić information content (AvgIpc) is 2.19. The number of allylic oxidation sites excluding steroid dienone is 2. The van der Waals surface area contributed by atoms with Gasteiger partial charge in [0.2, 0.25) is 0 Å². The standard InChI is InChI=1S/C12H14/c1-3-7-11(8-4-1)12-9-5-2-6-10-12/h1,3-4,7-9H,2,5-6,10H2/i5D. The fourth-order valence-electron chi connectivity index (χ4n) is 1.61. The van der Waals surface area contributed by atoms with Crippen LogP contribution in [0.4, 0.5) is 0 Å². The molecular formula is C12H14. The molecule has 2 rings (SSSR count). The van der Waals surface area contributed by atoms with Crippen LogP contribution in [0.5, 0.6) is 0 Å². The van der Waals surface area contributed by atoms with Gasteiger partial charge in [0, 0.05) is 1.37 Å². The summed E-state index contributed by atoms with van der Waals surface area (Å²) in [5.74, 6) is 0. The molecule has 1 aromatic rings. The highest BCUT2D eigenvalue weighted by Gasteiger charge is 2.04. The fourth-order valence-corrected chi connectivity index (χ4v) is 1.61. The zero-order valence-electron chi connectivity index (χ0n) is 8.16. The molecule has 0 bridgehead atoms. The first-order valence-corrected chi connectivity index (χ1v) is 4.54. The van der Waals surface area contributed by atoms with Gasteiger partial charge in [-0.1, -0.05) is 36.4 Å². The van der Waals surface area contributed by atoms with Gasteiger partial charge in [-0.05, 0) is 36.8 Å². The summed E-state index contributed by atoms with van der Waals surface area (Å²) in [6, 6.07) is 10.4. The smallest absolute Gasteiger partial charge is 0.0310 e. The van der Waals surface area contributed by atoms with Gasteiger partial charge >= 0.3 is 0 Å². The molecule has 0 N–H and O–H groups in total. The van der Waals surface area contributed by atoms with E-state index in [0.717, 1.165) is 19.3 Å². The van der Waals surface area contributed by atoms with E-state index in [9.17, 15) is 0 Å². The molecule has 0 aromatic heterocycles. The van der Waals surface area contributed by atoms with E-state index in [4.69, 9.17) is 1.37 Å². The van der Waals surface area contributed by atoms with Gasteiger partial charge in [0.1, 0.15) is 0 Å². The number of benzene rings is 1. The molecule has 0 radical (unpaired) electrons. The maximum atomic E-state index is 7.68. The summed E-state index contributed by atoms with van der Waals surface area (Å²) in [5.41, 5.74) is 2.64. The van der Waals surface area contributed by atoms with Crippen molar-refractivity contribution < 1.29 is 1.37 Å². The predicted molar refractivity (Wildman–Crippen MR) is 52.9 cm³/mol. The van der Waals surface area contributed by atoms with Gasteiger partial charge in [0.25, 0.3) is 0 Å². The van der Waals surface area contributed by atoms with Crippen molar-refractivity contribution in [3.8, 4) is 0 Å². The van der Waals surface area contributed by atoms with Crippen LogP contribution in [0.3, 0.4) is 0 Å². The molecule has 12 heavy (non-hydrogen) atoms. The van der Waals surface area contributed by atoms with Crippen molar-refractivity contribution in [2.75, 3.05) is 0 Å². The summed E-state index contributed by atoms with van der Waals surface area (Å²) in [5, 5.41) is 0. The molecule has 0 heterocycles. The summed E-state index contributed by atoms with van der Waals surface area (Å²) in [4.78, 5) is 0. The second kappa shape index (κ2) is 3.57. The molecular weight excluding hydrogens is 144 g/mol. The van der Waals surface area contributed by atoms with Crippen LogP contribution >= 0.6 is 0 Å². The van der Waals surface area contributed by atoms with Gasteiger partial charge in [-0.15, -0.1) is 0 Å². The second-order valence-corrected chi connectivity index (χ2v) is 3.19. The van der Waals surface area contributed by atoms with E-state index in [2.05, 4.69) is 30.3 Å². The third kappa shape index (κ3) is 1.58. The summed E-state index contributed by atoms with van der Waals surface area (Å²) in [6.07, 6.45) is 5.44. The van der Waals surface area contributed by atoms with E-state index in [1.807, 2.05) is 6.07 Å². The number of rotatable bonds is 1. The highest BCUT2D eigenvalue weighted by Crippen LogP contribution is 2.25. The lowest BCUT2D eigenvalue weighted by Crippen LogP contribution is -1.90. The molecule has 1 aliphatic rings. The second-order valence-electron chi connectivity index (χ2n) is 3.19. The van der Waals surface area contributed by atoms with Gasteiger partial charge in [-0.2, -0.15) is 0 Å². The van der Waals surface area contributed by atoms with E-state index < -0.39 is 0 Å². The van der Waals surface area contributed by atoms with Crippen molar-refractivity contribution in [1.29, 1.82) is 0 Å². The molecule has 0 amide bonds. The number of hydrogen-bond donors (Lipinski definition) is 0. The summed E-state index contributed by atoms with van der Waals surface area (Å²) < 4.78 is 7.68. The van der Waals surface area contributed by atoms with Crippen LogP contribution in [0.2, 0.25) is 0 Å². The van der Waals surface area contributed by atoms with Crippen LogP contribution in [0.15, 0.2) is 36.4 Å². The van der Waals surface area contributed by atoms with Crippen LogP contribution in [0, 0.1) is 0 Å². The van der Waals surface area contributed by atoms with Crippen molar-refractivity contribution in [1.82, 2.24) is 0 Å². The van der Waals surface area contributed by atoms with Crippen LogP contribution in [0.25, 0.3) is 5.57 Å². The molecule has 1 aromatic carbocycles. The Morgan fingerprint density at radius 2 is 1.92 bits per heavy atom. The Labute approximate surface area is 75.3 Å². The van der Waals surface area contributed by atoms with Gasteiger partial charge in [0.05, 0.1) is 0 Å². The first-order valence-electron chi connectivity index (χ1n) is 5.12. The molecule has 0 fully saturated rings. The van der Waals surface area contributed by atoms with E-state index in [-0.39, 0.29) is 6.40 Å². The lowest BCUT2D eigenvalue weighted by molar-refractivity contribution is 0.742. The molecule has 0 heteroatoms. The molecule has 0 aliphatic heterocycles. The van der Waals surface area contributed by atoms with E-state index in [1.165, 1.54) is 11.1 Å². The van der Waals surface area contributed by atoms with Crippen molar-refractivity contribution in [2.45, 2.75) is 25.7 Å². The van der Waals surface area contributed by atoms with Crippen LogP contribution in [-0.2, 0) is 0 Å². The van der Waals surface area contributed by atoms with Gasteiger partial charge in [-0.3, -0.25) is 0 Å². The van der Waals surface area contributed by atoms with E-state index in [0.29, 0.717) is 0 Å². The average molecular weight is 159 g/mol. The van der Waals surface area contributed by atoms with Crippen LogP contribution in [-0.4, -0.2) is 0 Å². The third-order valence-corrected chi connectivity index (χ3v) is 2.28. The van der Waals surface area contributed by atoms with Crippen LogP contribution in [0.1, 0.15) is 32.6 Å². The normalized spacial score (nSPS) is 24.5. The maximum absolute atomic E-state index is 7.68. The largest absolute Gasteiger partial charge is 0.0807 e. The van der Waals surface area contributed by atoms with Gasteiger partial charge in [0.15, 0.2) is 0 Å². The Morgan fingerprint density at radius 1 is 1.08 bits per heavy atom. The minimum atomic E-state index is 0.0176. The Hall–Kier alpha value is -1.04. The molecule has 1 atom stereocenters. The first kappa shape index (κ1) is 6.47. The molecule has 0 saturated carbocycles. The zero-order chi connectivity index (χ0) is 9.10. The van der Waals surface area contributed by atoms with Crippen molar-refractivity contribution in [3.63, 3.8) is 0 Å². The number of hydrogen-bond acceptors (Lipinski definition) is 0. The Morgan fingerprint density at radius 3 is 2.67 bits per heavy atom. The fraction of sp³-hybridized carbons (Fsp3) is 0.333. The SMILES string of the molecule is [2H]C1C=C(c2ccccc2)CCC1. The van der Waals surface area contributed by atoms with E-state index in [1.54, 1.807) is 0 Å². The molecule has 0 saturated heterocycles. The molecule has 62 valence electrons. The first-order chi connectivity index (χ1) is 6.36. The lowest BCUT2D eigenvalue weighted by atomic mass is 9.94. The topological polar surface area (TPSA) is 0 Å². The van der Waals surface area contributed by atoms with Crippen molar-refractivity contribution in [2.24, 2.45) is 0 Å². The lowest BCUT2D eigenvalue weighted by Gasteiger charge is -2.12. The van der Waals surface area contributed by atoms with Crippen molar-refractivity contribution in [3.05, 3.63) is 42.0 Å². The van der Waals surface area contributed by atoms with E-state index >= 15 is 0 Å². The summed E-state index contributed by atoms with van der Waals surface area (Å²) in [7, 11) is 0. The monoisotopic (exact) mass is 159 g/mol. The van der Waals surface area contributed by atoms with Gasteiger partial charge < -0.3 is 0 Å². The Balaban J connectivity index is 2.26. The molecule has 1 aliphatic carbocycles. The summed E-state index contributed by atoms with van der Waals surface area (Å²) in [6.45, 7) is 0. The minimum Gasteiger partial charge on any atom is -0.0807 e. The minimum absolute atomic E-state index is 0.0176. The predicted octanol–water partition coefficient (Wildman–Crippen LogP) is 3.64. The Bertz CT molecular complexity index is 300. The maximum Gasteiger partial charge on any atom is 0.0310 e. The highest BCUT2D eigenvalue weighted by atomic mass is 14.1.